The third kappa shape index (κ3) is 2.13. The Morgan fingerprint density at radius 3 is 2.50 bits per heavy atom. The Balaban J connectivity index is 2.67. The van der Waals surface area contributed by atoms with Gasteiger partial charge >= 0.3 is 0 Å². The topological polar surface area (TPSA) is 64.4 Å². The summed E-state index contributed by atoms with van der Waals surface area (Å²) in [6.07, 6.45) is 4.92. The molecule has 0 aromatic carbocycles. The predicted octanol–water partition coefficient (Wildman–Crippen LogP) is 1.23. The molecule has 0 saturated heterocycles. The van der Waals surface area contributed by atoms with Gasteiger partial charge in [-0.15, -0.1) is 0 Å². The predicted molar refractivity (Wildman–Crippen MR) is 51.8 cm³/mol. The first-order valence-electron chi connectivity index (χ1n) is 4.61. The van der Waals surface area contributed by atoms with Crippen LogP contribution >= 0.6 is 0 Å². The fourth-order valence-electron chi connectivity index (χ4n) is 1.89. The molecule has 70 valence electrons. The standard InChI is InChI=1S/C9H19N3/c1-9(2)6-4-3-5-7(9)12-8(10)11/h7H,3-6H2,1-2H3,(H4,10,11,12). The Bertz CT molecular complexity index is 180. The number of rotatable bonds is 1. The van der Waals surface area contributed by atoms with Gasteiger partial charge in [-0.3, -0.25) is 0 Å². The molecule has 0 aromatic heterocycles. The molecular weight excluding hydrogens is 150 g/mol. The quantitative estimate of drug-likeness (QED) is 0.458. The summed E-state index contributed by atoms with van der Waals surface area (Å²) in [7, 11) is 0. The Morgan fingerprint density at radius 1 is 1.33 bits per heavy atom. The van der Waals surface area contributed by atoms with E-state index in [1.807, 2.05) is 0 Å². The van der Waals surface area contributed by atoms with Crippen LogP contribution in [0.2, 0.25) is 0 Å². The van der Waals surface area contributed by atoms with E-state index in [0.717, 1.165) is 6.42 Å². The molecule has 1 fully saturated rings. The van der Waals surface area contributed by atoms with Gasteiger partial charge in [0.25, 0.3) is 0 Å². The molecule has 1 rings (SSSR count). The van der Waals surface area contributed by atoms with Crippen molar-refractivity contribution in [3.05, 3.63) is 0 Å². The van der Waals surface area contributed by atoms with E-state index in [9.17, 15) is 0 Å². The first-order chi connectivity index (χ1) is 5.52. The molecule has 0 aliphatic heterocycles. The van der Waals surface area contributed by atoms with Gasteiger partial charge in [-0.25, -0.2) is 4.99 Å². The number of hydrogen-bond acceptors (Lipinski definition) is 1. The van der Waals surface area contributed by atoms with E-state index >= 15 is 0 Å². The highest BCUT2D eigenvalue weighted by Gasteiger charge is 2.31. The van der Waals surface area contributed by atoms with Crippen LogP contribution in [-0.4, -0.2) is 12.0 Å². The molecule has 3 heteroatoms. The Kier molecular flexibility index (Phi) is 2.60. The number of guanidine groups is 1. The first kappa shape index (κ1) is 9.36. The fourth-order valence-corrected chi connectivity index (χ4v) is 1.89. The van der Waals surface area contributed by atoms with Crippen LogP contribution in [0.15, 0.2) is 4.99 Å². The van der Waals surface area contributed by atoms with Gasteiger partial charge in [-0.05, 0) is 18.3 Å². The molecule has 1 atom stereocenters. The van der Waals surface area contributed by atoms with Crippen molar-refractivity contribution in [2.45, 2.75) is 45.6 Å². The van der Waals surface area contributed by atoms with E-state index in [1.54, 1.807) is 0 Å². The molecule has 0 bridgehead atoms. The average Bonchev–Trinajstić information content (AvgIpc) is 1.92. The van der Waals surface area contributed by atoms with Crippen molar-refractivity contribution in [1.82, 2.24) is 0 Å². The summed E-state index contributed by atoms with van der Waals surface area (Å²) in [5.74, 6) is 0.231. The SMILES string of the molecule is CC1(C)CCCCC1N=C(N)N. The second kappa shape index (κ2) is 3.33. The highest BCUT2D eigenvalue weighted by atomic mass is 15.0. The minimum Gasteiger partial charge on any atom is -0.370 e. The molecule has 0 spiro atoms. The van der Waals surface area contributed by atoms with Crippen LogP contribution in [-0.2, 0) is 0 Å². The van der Waals surface area contributed by atoms with Gasteiger partial charge in [0.2, 0.25) is 0 Å². The Labute approximate surface area is 74.2 Å². The van der Waals surface area contributed by atoms with Crippen LogP contribution in [0.3, 0.4) is 0 Å². The van der Waals surface area contributed by atoms with Gasteiger partial charge < -0.3 is 11.5 Å². The van der Waals surface area contributed by atoms with Crippen molar-refractivity contribution in [3.8, 4) is 0 Å². The lowest BCUT2D eigenvalue weighted by atomic mass is 9.73. The smallest absolute Gasteiger partial charge is 0.186 e. The number of hydrogen-bond donors (Lipinski definition) is 2. The van der Waals surface area contributed by atoms with E-state index in [1.165, 1.54) is 19.3 Å². The summed E-state index contributed by atoms with van der Waals surface area (Å²) in [5.41, 5.74) is 11.0. The maximum absolute atomic E-state index is 5.37. The minimum absolute atomic E-state index is 0.231. The van der Waals surface area contributed by atoms with E-state index in [0.29, 0.717) is 6.04 Å². The monoisotopic (exact) mass is 169 g/mol. The molecule has 0 heterocycles. The van der Waals surface area contributed by atoms with Crippen molar-refractivity contribution < 1.29 is 0 Å². The average molecular weight is 169 g/mol. The maximum atomic E-state index is 5.37. The summed E-state index contributed by atoms with van der Waals surface area (Å²) < 4.78 is 0. The molecule has 4 N–H and O–H groups in total. The molecular formula is C9H19N3. The molecule has 0 radical (unpaired) electrons. The summed E-state index contributed by atoms with van der Waals surface area (Å²) in [6, 6.07) is 0.330. The largest absolute Gasteiger partial charge is 0.370 e. The highest BCUT2D eigenvalue weighted by Crippen LogP contribution is 2.37. The van der Waals surface area contributed by atoms with Gasteiger partial charge in [0.15, 0.2) is 5.96 Å². The van der Waals surface area contributed by atoms with Crippen LogP contribution < -0.4 is 11.5 Å². The van der Waals surface area contributed by atoms with Crippen molar-refractivity contribution in [2.75, 3.05) is 0 Å². The van der Waals surface area contributed by atoms with Crippen molar-refractivity contribution in [2.24, 2.45) is 21.9 Å². The van der Waals surface area contributed by atoms with Crippen LogP contribution in [0, 0.1) is 5.41 Å². The molecule has 1 aliphatic carbocycles. The summed E-state index contributed by atoms with van der Waals surface area (Å²) in [6.45, 7) is 4.48. The lowest BCUT2D eigenvalue weighted by Gasteiger charge is -2.35. The van der Waals surface area contributed by atoms with Gasteiger partial charge in [0.05, 0.1) is 6.04 Å². The first-order valence-corrected chi connectivity index (χ1v) is 4.61. The molecule has 1 aliphatic rings. The van der Waals surface area contributed by atoms with E-state index in [2.05, 4.69) is 18.8 Å². The molecule has 1 saturated carbocycles. The molecule has 0 amide bonds. The fraction of sp³-hybridized carbons (Fsp3) is 0.889. The molecule has 3 nitrogen and oxygen atoms in total. The minimum atomic E-state index is 0.231. The Hall–Kier alpha value is -0.730. The summed E-state index contributed by atoms with van der Waals surface area (Å²) in [5, 5.41) is 0. The van der Waals surface area contributed by atoms with Crippen LogP contribution in [0.5, 0.6) is 0 Å². The zero-order valence-electron chi connectivity index (χ0n) is 8.01. The third-order valence-electron chi connectivity index (χ3n) is 2.76. The lowest BCUT2D eigenvalue weighted by Crippen LogP contribution is -2.35. The van der Waals surface area contributed by atoms with Crippen LogP contribution in [0.25, 0.3) is 0 Å². The normalized spacial score (nSPS) is 28.0. The lowest BCUT2D eigenvalue weighted by molar-refractivity contribution is 0.203. The van der Waals surface area contributed by atoms with Crippen LogP contribution in [0.1, 0.15) is 39.5 Å². The number of nitrogens with zero attached hydrogens (tertiary/aromatic N) is 1. The van der Waals surface area contributed by atoms with Gasteiger partial charge in [-0.2, -0.15) is 0 Å². The van der Waals surface area contributed by atoms with Gasteiger partial charge in [0, 0.05) is 0 Å². The number of aliphatic imine (C=N–C) groups is 1. The van der Waals surface area contributed by atoms with E-state index in [4.69, 9.17) is 11.5 Å². The van der Waals surface area contributed by atoms with Crippen molar-refractivity contribution >= 4 is 5.96 Å². The summed E-state index contributed by atoms with van der Waals surface area (Å²) >= 11 is 0. The summed E-state index contributed by atoms with van der Waals surface area (Å²) in [4.78, 5) is 4.26. The van der Waals surface area contributed by atoms with E-state index < -0.39 is 0 Å². The van der Waals surface area contributed by atoms with E-state index in [-0.39, 0.29) is 11.4 Å². The molecule has 1 unspecified atom stereocenters. The van der Waals surface area contributed by atoms with Crippen LogP contribution in [0.4, 0.5) is 0 Å². The maximum Gasteiger partial charge on any atom is 0.186 e. The second-order valence-electron chi connectivity index (χ2n) is 4.30. The Morgan fingerprint density at radius 2 is 2.00 bits per heavy atom. The molecule has 12 heavy (non-hydrogen) atoms. The third-order valence-corrected chi connectivity index (χ3v) is 2.76. The number of nitrogens with two attached hydrogens (primary N) is 2. The van der Waals surface area contributed by atoms with Crippen molar-refractivity contribution in [1.29, 1.82) is 0 Å². The second-order valence-corrected chi connectivity index (χ2v) is 4.30. The highest BCUT2D eigenvalue weighted by molar-refractivity contribution is 5.75. The molecule has 0 aromatic rings. The zero-order chi connectivity index (χ0) is 9.19. The van der Waals surface area contributed by atoms with Gasteiger partial charge in [0.1, 0.15) is 0 Å². The van der Waals surface area contributed by atoms with Crippen molar-refractivity contribution in [3.63, 3.8) is 0 Å². The van der Waals surface area contributed by atoms with Gasteiger partial charge in [-0.1, -0.05) is 26.7 Å². The zero-order valence-corrected chi connectivity index (χ0v) is 8.01.